The van der Waals surface area contributed by atoms with Gasteiger partial charge in [-0.3, -0.25) is 0 Å². The summed E-state index contributed by atoms with van der Waals surface area (Å²) in [5.74, 6) is 1.12. The van der Waals surface area contributed by atoms with Crippen LogP contribution in [0, 0.1) is 13.8 Å². The molecule has 94 valence electrons. The van der Waals surface area contributed by atoms with Gasteiger partial charge >= 0.3 is 0 Å². The van der Waals surface area contributed by atoms with Crippen molar-refractivity contribution >= 4 is 0 Å². The maximum atomic E-state index is 5.75. The lowest BCUT2D eigenvalue weighted by molar-refractivity contribution is 0.584. The van der Waals surface area contributed by atoms with Crippen LogP contribution in [-0.4, -0.2) is 10.2 Å². The Morgan fingerprint density at radius 2 is 1.47 bits per heavy atom. The summed E-state index contributed by atoms with van der Waals surface area (Å²) < 4.78 is 5.75. The van der Waals surface area contributed by atoms with E-state index in [0.29, 0.717) is 11.8 Å². The van der Waals surface area contributed by atoms with E-state index in [9.17, 15) is 0 Å². The van der Waals surface area contributed by atoms with Gasteiger partial charge in [-0.1, -0.05) is 35.9 Å². The quantitative estimate of drug-likeness (QED) is 0.689. The van der Waals surface area contributed by atoms with Gasteiger partial charge in [-0.2, -0.15) is 0 Å². The standard InChI is InChI=1S/C16H14N2O/c1-11-7-9-13(10-8-11)15-17-18-16(19-15)14-6-4-3-5-12(14)2/h3-10H,1-2H3. The summed E-state index contributed by atoms with van der Waals surface area (Å²) in [5, 5.41) is 8.25. The third-order valence-electron chi connectivity index (χ3n) is 3.10. The van der Waals surface area contributed by atoms with Crippen LogP contribution in [0.25, 0.3) is 22.9 Å². The SMILES string of the molecule is Cc1ccc(-c2nnc(-c3ccccc3C)o2)cc1. The topological polar surface area (TPSA) is 38.9 Å². The first-order valence-corrected chi connectivity index (χ1v) is 6.20. The highest BCUT2D eigenvalue weighted by atomic mass is 16.4. The summed E-state index contributed by atoms with van der Waals surface area (Å²) >= 11 is 0. The van der Waals surface area contributed by atoms with Crippen molar-refractivity contribution in [2.75, 3.05) is 0 Å². The van der Waals surface area contributed by atoms with E-state index in [1.807, 2.05) is 55.5 Å². The van der Waals surface area contributed by atoms with Gasteiger partial charge in [0.2, 0.25) is 11.8 Å². The van der Waals surface area contributed by atoms with Gasteiger partial charge in [-0.15, -0.1) is 10.2 Å². The van der Waals surface area contributed by atoms with E-state index in [1.54, 1.807) is 0 Å². The smallest absolute Gasteiger partial charge is 0.248 e. The largest absolute Gasteiger partial charge is 0.416 e. The fourth-order valence-corrected chi connectivity index (χ4v) is 1.96. The molecule has 0 atom stereocenters. The minimum absolute atomic E-state index is 0.554. The van der Waals surface area contributed by atoms with Crippen LogP contribution in [0.5, 0.6) is 0 Å². The number of rotatable bonds is 2. The summed E-state index contributed by atoms with van der Waals surface area (Å²) in [6.07, 6.45) is 0. The van der Waals surface area contributed by atoms with E-state index in [1.165, 1.54) is 5.56 Å². The number of aryl methyl sites for hydroxylation is 2. The second-order valence-corrected chi connectivity index (χ2v) is 4.59. The van der Waals surface area contributed by atoms with E-state index >= 15 is 0 Å². The van der Waals surface area contributed by atoms with Gasteiger partial charge in [0.15, 0.2) is 0 Å². The van der Waals surface area contributed by atoms with Crippen LogP contribution in [0.15, 0.2) is 52.9 Å². The molecule has 3 aromatic rings. The van der Waals surface area contributed by atoms with E-state index in [0.717, 1.165) is 16.7 Å². The van der Waals surface area contributed by atoms with Crippen LogP contribution < -0.4 is 0 Å². The molecule has 3 heteroatoms. The molecule has 0 bridgehead atoms. The lowest BCUT2D eigenvalue weighted by Crippen LogP contribution is -1.81. The van der Waals surface area contributed by atoms with Crippen molar-refractivity contribution in [3.63, 3.8) is 0 Å². The highest BCUT2D eigenvalue weighted by molar-refractivity contribution is 5.60. The van der Waals surface area contributed by atoms with Crippen molar-refractivity contribution in [1.29, 1.82) is 0 Å². The summed E-state index contributed by atoms with van der Waals surface area (Å²) in [6, 6.07) is 16.0. The molecule has 0 aliphatic heterocycles. The molecule has 1 aromatic heterocycles. The average molecular weight is 250 g/mol. The molecule has 0 N–H and O–H groups in total. The van der Waals surface area contributed by atoms with Crippen LogP contribution >= 0.6 is 0 Å². The molecule has 0 amide bonds. The first-order valence-electron chi connectivity index (χ1n) is 6.20. The summed E-state index contributed by atoms with van der Waals surface area (Å²) in [7, 11) is 0. The third-order valence-corrected chi connectivity index (χ3v) is 3.10. The molecule has 0 aliphatic rings. The zero-order valence-electron chi connectivity index (χ0n) is 10.9. The van der Waals surface area contributed by atoms with Crippen LogP contribution in [0.4, 0.5) is 0 Å². The molecule has 0 saturated carbocycles. The highest BCUT2D eigenvalue weighted by Crippen LogP contribution is 2.25. The Morgan fingerprint density at radius 1 is 0.789 bits per heavy atom. The van der Waals surface area contributed by atoms with Gasteiger partial charge in [0, 0.05) is 11.1 Å². The zero-order chi connectivity index (χ0) is 13.2. The number of nitrogens with zero attached hydrogens (tertiary/aromatic N) is 2. The van der Waals surface area contributed by atoms with Crippen molar-refractivity contribution in [1.82, 2.24) is 10.2 Å². The van der Waals surface area contributed by atoms with Crippen LogP contribution in [-0.2, 0) is 0 Å². The van der Waals surface area contributed by atoms with Crippen LogP contribution in [0.2, 0.25) is 0 Å². The molecule has 3 nitrogen and oxygen atoms in total. The van der Waals surface area contributed by atoms with Crippen molar-refractivity contribution in [2.45, 2.75) is 13.8 Å². The van der Waals surface area contributed by atoms with Crippen molar-refractivity contribution in [3.05, 3.63) is 59.7 Å². The predicted octanol–water partition coefficient (Wildman–Crippen LogP) is 4.02. The lowest BCUT2D eigenvalue weighted by Gasteiger charge is -1.99. The van der Waals surface area contributed by atoms with Crippen LogP contribution in [0.3, 0.4) is 0 Å². The Balaban J connectivity index is 2.00. The molecule has 2 aromatic carbocycles. The predicted molar refractivity (Wildman–Crippen MR) is 74.6 cm³/mol. The Hall–Kier alpha value is -2.42. The number of hydrogen-bond donors (Lipinski definition) is 0. The normalized spacial score (nSPS) is 10.6. The monoisotopic (exact) mass is 250 g/mol. The Morgan fingerprint density at radius 3 is 2.21 bits per heavy atom. The molecule has 0 unspecified atom stereocenters. The van der Waals surface area contributed by atoms with Crippen molar-refractivity contribution in [3.8, 4) is 22.9 Å². The maximum Gasteiger partial charge on any atom is 0.248 e. The second kappa shape index (κ2) is 4.69. The Bertz CT molecular complexity index is 699. The third kappa shape index (κ3) is 2.27. The number of benzene rings is 2. The minimum atomic E-state index is 0.554. The van der Waals surface area contributed by atoms with Gasteiger partial charge in [-0.25, -0.2) is 0 Å². The molecule has 0 saturated heterocycles. The molecule has 19 heavy (non-hydrogen) atoms. The summed E-state index contributed by atoms with van der Waals surface area (Å²) in [5.41, 5.74) is 4.26. The molecule has 0 spiro atoms. The molecular formula is C16H14N2O. The fraction of sp³-hybridized carbons (Fsp3) is 0.125. The van der Waals surface area contributed by atoms with Gasteiger partial charge in [-0.05, 0) is 37.6 Å². The van der Waals surface area contributed by atoms with E-state index in [2.05, 4.69) is 17.1 Å². The van der Waals surface area contributed by atoms with Gasteiger partial charge in [0.1, 0.15) is 0 Å². The van der Waals surface area contributed by atoms with E-state index in [4.69, 9.17) is 4.42 Å². The Kier molecular flexibility index (Phi) is 2.88. The molecule has 0 fully saturated rings. The van der Waals surface area contributed by atoms with Crippen LogP contribution in [0.1, 0.15) is 11.1 Å². The summed E-state index contributed by atoms with van der Waals surface area (Å²) in [4.78, 5) is 0. The fourth-order valence-electron chi connectivity index (χ4n) is 1.96. The number of hydrogen-bond acceptors (Lipinski definition) is 3. The molecule has 1 heterocycles. The molecule has 3 rings (SSSR count). The van der Waals surface area contributed by atoms with Gasteiger partial charge in [0.25, 0.3) is 0 Å². The summed E-state index contributed by atoms with van der Waals surface area (Å²) in [6.45, 7) is 4.08. The van der Waals surface area contributed by atoms with E-state index < -0.39 is 0 Å². The van der Waals surface area contributed by atoms with Crippen molar-refractivity contribution in [2.24, 2.45) is 0 Å². The zero-order valence-corrected chi connectivity index (χ0v) is 10.9. The molecular weight excluding hydrogens is 236 g/mol. The van der Waals surface area contributed by atoms with Gasteiger partial charge in [0.05, 0.1) is 0 Å². The first kappa shape index (κ1) is 11.7. The first-order chi connectivity index (χ1) is 9.24. The Labute approximate surface area is 111 Å². The minimum Gasteiger partial charge on any atom is -0.416 e. The van der Waals surface area contributed by atoms with E-state index in [-0.39, 0.29) is 0 Å². The van der Waals surface area contributed by atoms with Gasteiger partial charge < -0.3 is 4.42 Å². The second-order valence-electron chi connectivity index (χ2n) is 4.59. The molecule has 0 aliphatic carbocycles. The number of aromatic nitrogens is 2. The maximum absolute atomic E-state index is 5.75. The molecule has 0 radical (unpaired) electrons. The highest BCUT2D eigenvalue weighted by Gasteiger charge is 2.11. The van der Waals surface area contributed by atoms with Crippen molar-refractivity contribution < 1.29 is 4.42 Å². The average Bonchev–Trinajstić information content (AvgIpc) is 2.89. The lowest BCUT2D eigenvalue weighted by atomic mass is 10.1.